The number of ether oxygens (including phenoxy) is 2. The molecule has 2 heterocycles. The molecule has 0 N–H and O–H groups in total. The maximum atomic E-state index is 5.72. The van der Waals surface area contributed by atoms with Crippen LogP contribution in [0.25, 0.3) is 0 Å². The predicted octanol–water partition coefficient (Wildman–Crippen LogP) is 4.67. The van der Waals surface area contributed by atoms with Crippen LogP contribution in [0.4, 0.5) is 0 Å². The molecule has 0 aliphatic carbocycles. The Hall–Kier alpha value is 0.1000. The van der Waals surface area contributed by atoms with Gasteiger partial charge in [-0.25, -0.2) is 0 Å². The van der Waals surface area contributed by atoms with Gasteiger partial charge in [0, 0.05) is 16.9 Å². The molecular weight excluding hydrogens is 324 g/mol. The molecule has 1 fully saturated rings. The van der Waals surface area contributed by atoms with Crippen molar-refractivity contribution in [2.75, 3.05) is 26.4 Å². The molecule has 0 radical (unpaired) electrons. The van der Waals surface area contributed by atoms with Crippen molar-refractivity contribution in [3.63, 3.8) is 0 Å². The van der Waals surface area contributed by atoms with Crippen LogP contribution in [0.2, 0.25) is 0 Å². The van der Waals surface area contributed by atoms with Gasteiger partial charge in [-0.3, -0.25) is 0 Å². The van der Waals surface area contributed by atoms with E-state index in [2.05, 4.69) is 35.0 Å². The van der Waals surface area contributed by atoms with E-state index in [9.17, 15) is 0 Å². The molecule has 0 amide bonds. The highest BCUT2D eigenvalue weighted by Crippen LogP contribution is 2.26. The second kappa shape index (κ2) is 7.77. The number of hydrogen-bond donors (Lipinski definition) is 0. The van der Waals surface area contributed by atoms with E-state index in [1.807, 2.05) is 11.3 Å². The lowest BCUT2D eigenvalue weighted by atomic mass is 9.90. The summed E-state index contributed by atoms with van der Waals surface area (Å²) in [5.41, 5.74) is 0.298. The van der Waals surface area contributed by atoms with Crippen LogP contribution in [0.3, 0.4) is 0 Å². The zero-order chi connectivity index (χ0) is 13.6. The summed E-state index contributed by atoms with van der Waals surface area (Å²) in [6, 6.07) is 4.36. The molecule has 1 aromatic heterocycles. The van der Waals surface area contributed by atoms with Crippen molar-refractivity contribution in [3.8, 4) is 0 Å². The average Bonchev–Trinajstić information content (AvgIpc) is 2.76. The Bertz CT molecular complexity index is 374. The van der Waals surface area contributed by atoms with Crippen molar-refractivity contribution in [3.05, 3.63) is 20.8 Å². The Morgan fingerprint density at radius 1 is 1.26 bits per heavy atom. The zero-order valence-corrected chi connectivity index (χ0v) is 14.0. The molecular formula is C15H23BrO2S. The van der Waals surface area contributed by atoms with Gasteiger partial charge in [0.1, 0.15) is 0 Å². The van der Waals surface area contributed by atoms with Crippen LogP contribution >= 0.6 is 27.3 Å². The van der Waals surface area contributed by atoms with Crippen molar-refractivity contribution in [2.24, 2.45) is 5.41 Å². The van der Waals surface area contributed by atoms with Crippen molar-refractivity contribution in [1.29, 1.82) is 0 Å². The van der Waals surface area contributed by atoms with E-state index in [-0.39, 0.29) is 0 Å². The van der Waals surface area contributed by atoms with E-state index in [1.54, 1.807) is 0 Å². The summed E-state index contributed by atoms with van der Waals surface area (Å²) < 4.78 is 12.2. The van der Waals surface area contributed by atoms with E-state index in [0.717, 1.165) is 26.4 Å². The molecule has 0 spiro atoms. The van der Waals surface area contributed by atoms with E-state index in [1.165, 1.54) is 40.8 Å². The minimum Gasteiger partial charge on any atom is -0.381 e. The second-order valence-corrected chi connectivity index (χ2v) is 8.27. The highest BCUT2D eigenvalue weighted by atomic mass is 79.9. The fourth-order valence-electron chi connectivity index (χ4n) is 2.20. The average molecular weight is 347 g/mol. The van der Waals surface area contributed by atoms with Gasteiger partial charge < -0.3 is 9.47 Å². The first-order chi connectivity index (χ1) is 9.18. The number of halogens is 1. The Balaban J connectivity index is 1.40. The second-order valence-electron chi connectivity index (χ2n) is 5.73. The number of hydrogen-bond acceptors (Lipinski definition) is 3. The molecule has 2 rings (SSSR count). The molecule has 108 valence electrons. The van der Waals surface area contributed by atoms with Crippen molar-refractivity contribution >= 4 is 27.3 Å². The molecule has 0 bridgehead atoms. The van der Waals surface area contributed by atoms with E-state index >= 15 is 0 Å². The van der Waals surface area contributed by atoms with Crippen LogP contribution < -0.4 is 0 Å². The standard InChI is InChI=1S/C15H23BrO2S/c1-15(11-18-12-15)10-17-9-5-3-2-4-6-13-7-8-14(16)19-13/h7-8H,2-6,9-12H2,1H3. The third-order valence-electron chi connectivity index (χ3n) is 3.44. The molecule has 0 aromatic carbocycles. The van der Waals surface area contributed by atoms with Gasteiger partial charge in [-0.15, -0.1) is 11.3 Å². The van der Waals surface area contributed by atoms with Gasteiger partial charge in [-0.2, -0.15) is 0 Å². The molecule has 19 heavy (non-hydrogen) atoms. The number of rotatable bonds is 9. The molecule has 0 atom stereocenters. The molecule has 1 aliphatic rings. The van der Waals surface area contributed by atoms with E-state index in [4.69, 9.17) is 9.47 Å². The topological polar surface area (TPSA) is 18.5 Å². The SMILES string of the molecule is CC1(COCCCCCCc2ccc(Br)s2)COC1. The maximum Gasteiger partial charge on any atom is 0.0701 e. The Kier molecular flexibility index (Phi) is 6.33. The lowest BCUT2D eigenvalue weighted by Gasteiger charge is -2.37. The van der Waals surface area contributed by atoms with E-state index in [0.29, 0.717) is 5.41 Å². The van der Waals surface area contributed by atoms with Crippen molar-refractivity contribution in [1.82, 2.24) is 0 Å². The third-order valence-corrected chi connectivity index (χ3v) is 5.13. The summed E-state index contributed by atoms with van der Waals surface area (Å²) in [4.78, 5) is 1.49. The molecule has 0 saturated carbocycles. The van der Waals surface area contributed by atoms with Crippen molar-refractivity contribution < 1.29 is 9.47 Å². The molecule has 4 heteroatoms. The maximum absolute atomic E-state index is 5.72. The van der Waals surface area contributed by atoms with Gasteiger partial charge >= 0.3 is 0 Å². The first kappa shape index (κ1) is 15.5. The van der Waals surface area contributed by atoms with Crippen molar-refractivity contribution in [2.45, 2.75) is 39.0 Å². The summed E-state index contributed by atoms with van der Waals surface area (Å²) in [6.07, 6.45) is 6.27. The Labute approximate surface area is 128 Å². The number of aryl methyl sites for hydroxylation is 1. The van der Waals surface area contributed by atoms with Gasteiger partial charge in [0.15, 0.2) is 0 Å². The first-order valence-electron chi connectivity index (χ1n) is 7.08. The first-order valence-corrected chi connectivity index (χ1v) is 8.69. The van der Waals surface area contributed by atoms with Gasteiger partial charge in [0.25, 0.3) is 0 Å². The van der Waals surface area contributed by atoms with Gasteiger partial charge in [-0.1, -0.05) is 19.8 Å². The summed E-state index contributed by atoms with van der Waals surface area (Å²) in [5, 5.41) is 0. The minimum absolute atomic E-state index is 0.298. The molecule has 0 unspecified atom stereocenters. The smallest absolute Gasteiger partial charge is 0.0701 e. The fourth-order valence-corrected chi connectivity index (χ4v) is 3.72. The number of unbranched alkanes of at least 4 members (excludes halogenated alkanes) is 3. The Morgan fingerprint density at radius 2 is 2.05 bits per heavy atom. The fraction of sp³-hybridized carbons (Fsp3) is 0.733. The third kappa shape index (κ3) is 5.54. The highest BCUT2D eigenvalue weighted by Gasteiger charge is 2.33. The molecule has 1 saturated heterocycles. The summed E-state index contributed by atoms with van der Waals surface area (Å²) in [5.74, 6) is 0. The summed E-state index contributed by atoms with van der Waals surface area (Å²) >= 11 is 5.35. The zero-order valence-electron chi connectivity index (χ0n) is 11.6. The van der Waals surface area contributed by atoms with Crippen LogP contribution in [0.5, 0.6) is 0 Å². The van der Waals surface area contributed by atoms with Crippen LogP contribution in [0.1, 0.15) is 37.5 Å². The molecule has 1 aliphatic heterocycles. The van der Waals surface area contributed by atoms with Crippen LogP contribution in [0, 0.1) is 5.41 Å². The summed E-state index contributed by atoms with van der Waals surface area (Å²) in [7, 11) is 0. The highest BCUT2D eigenvalue weighted by molar-refractivity contribution is 9.11. The molecule has 2 nitrogen and oxygen atoms in total. The Morgan fingerprint density at radius 3 is 2.68 bits per heavy atom. The van der Waals surface area contributed by atoms with Crippen LogP contribution in [-0.2, 0) is 15.9 Å². The van der Waals surface area contributed by atoms with Gasteiger partial charge in [0.2, 0.25) is 0 Å². The predicted molar refractivity (Wildman–Crippen MR) is 83.9 cm³/mol. The quantitative estimate of drug-likeness (QED) is 0.605. The normalized spacial score (nSPS) is 17.4. The summed E-state index contributed by atoms with van der Waals surface area (Å²) in [6.45, 7) is 5.72. The minimum atomic E-state index is 0.298. The number of thiophene rings is 1. The van der Waals surface area contributed by atoms with Crippen LogP contribution in [0.15, 0.2) is 15.9 Å². The van der Waals surface area contributed by atoms with Crippen LogP contribution in [-0.4, -0.2) is 26.4 Å². The van der Waals surface area contributed by atoms with E-state index < -0.39 is 0 Å². The lowest BCUT2D eigenvalue weighted by Crippen LogP contribution is -2.43. The lowest BCUT2D eigenvalue weighted by molar-refractivity contribution is -0.137. The monoisotopic (exact) mass is 346 g/mol. The van der Waals surface area contributed by atoms with Gasteiger partial charge in [-0.05, 0) is 47.3 Å². The van der Waals surface area contributed by atoms with Gasteiger partial charge in [0.05, 0.1) is 23.6 Å². The largest absolute Gasteiger partial charge is 0.381 e. The molecule has 1 aromatic rings.